The predicted octanol–water partition coefficient (Wildman–Crippen LogP) is 1.42. The highest BCUT2D eigenvalue weighted by atomic mass is 16.5. The van der Waals surface area contributed by atoms with Gasteiger partial charge in [0.25, 0.3) is 0 Å². The smallest absolute Gasteiger partial charge is 0.191 e. The van der Waals surface area contributed by atoms with E-state index < -0.39 is 5.60 Å². The molecule has 0 bridgehead atoms. The van der Waals surface area contributed by atoms with Gasteiger partial charge in [0.05, 0.1) is 18.4 Å². The molecule has 2 heterocycles. The van der Waals surface area contributed by atoms with Crippen LogP contribution in [0.2, 0.25) is 0 Å². The van der Waals surface area contributed by atoms with Gasteiger partial charge < -0.3 is 20.3 Å². The van der Waals surface area contributed by atoms with Gasteiger partial charge in [-0.2, -0.15) is 5.10 Å². The molecule has 144 valence electrons. The standard InChI is InChI=1S/C18H30N6O2/c1-6-19-17(20-9-7-8-16-13(2)23-26-14(16)3)21-12-18(4,25)15-10-22-24(5)11-15/h10-11,25H,6-9,12H2,1-5H3,(H2,19,20,21). The second kappa shape index (κ2) is 8.84. The summed E-state index contributed by atoms with van der Waals surface area (Å²) in [4.78, 5) is 4.52. The van der Waals surface area contributed by atoms with Crippen molar-refractivity contribution in [2.24, 2.45) is 12.0 Å². The molecule has 1 unspecified atom stereocenters. The summed E-state index contributed by atoms with van der Waals surface area (Å²) < 4.78 is 6.86. The summed E-state index contributed by atoms with van der Waals surface area (Å²) in [6, 6.07) is 0. The van der Waals surface area contributed by atoms with Gasteiger partial charge in [-0.05, 0) is 40.5 Å². The molecule has 0 amide bonds. The number of aromatic nitrogens is 3. The number of nitrogens with one attached hydrogen (secondary N) is 2. The minimum Gasteiger partial charge on any atom is -0.383 e. The Kier molecular flexibility index (Phi) is 6.79. The predicted molar refractivity (Wildman–Crippen MR) is 101 cm³/mol. The Morgan fingerprint density at radius 1 is 1.38 bits per heavy atom. The van der Waals surface area contributed by atoms with Crippen LogP contribution in [0, 0.1) is 13.8 Å². The number of aryl methyl sites for hydroxylation is 3. The Morgan fingerprint density at radius 3 is 2.73 bits per heavy atom. The van der Waals surface area contributed by atoms with Gasteiger partial charge in [-0.15, -0.1) is 0 Å². The monoisotopic (exact) mass is 362 g/mol. The van der Waals surface area contributed by atoms with E-state index in [2.05, 4.69) is 25.9 Å². The fourth-order valence-electron chi connectivity index (χ4n) is 2.70. The van der Waals surface area contributed by atoms with E-state index in [4.69, 9.17) is 4.52 Å². The topological polar surface area (TPSA) is 100 Å². The summed E-state index contributed by atoms with van der Waals surface area (Å²) in [6.07, 6.45) is 5.31. The zero-order valence-electron chi connectivity index (χ0n) is 16.3. The summed E-state index contributed by atoms with van der Waals surface area (Å²) in [6.45, 7) is 9.43. The molecule has 1 atom stereocenters. The summed E-state index contributed by atoms with van der Waals surface area (Å²) in [7, 11) is 1.83. The number of guanidine groups is 1. The molecule has 0 aromatic carbocycles. The van der Waals surface area contributed by atoms with Crippen molar-refractivity contribution in [2.75, 3.05) is 19.6 Å². The molecule has 0 aliphatic heterocycles. The molecule has 0 radical (unpaired) electrons. The van der Waals surface area contributed by atoms with Gasteiger partial charge >= 0.3 is 0 Å². The normalized spacial score (nSPS) is 14.3. The number of hydrogen-bond acceptors (Lipinski definition) is 5. The maximum Gasteiger partial charge on any atom is 0.191 e. The molecular weight excluding hydrogens is 332 g/mol. The average Bonchev–Trinajstić information content (AvgIpc) is 3.16. The summed E-state index contributed by atoms with van der Waals surface area (Å²) in [5.41, 5.74) is 1.81. The van der Waals surface area contributed by atoms with E-state index in [1.807, 2.05) is 27.8 Å². The lowest BCUT2D eigenvalue weighted by molar-refractivity contribution is 0.0672. The van der Waals surface area contributed by atoms with E-state index in [0.717, 1.165) is 42.9 Å². The Hall–Kier alpha value is -2.35. The van der Waals surface area contributed by atoms with Crippen LogP contribution in [0.4, 0.5) is 0 Å². The summed E-state index contributed by atoms with van der Waals surface area (Å²) in [5, 5.41) is 25.2. The number of aliphatic hydroxyl groups is 1. The number of rotatable bonds is 8. The minimum absolute atomic E-state index is 0.248. The van der Waals surface area contributed by atoms with Crippen LogP contribution in [0.15, 0.2) is 21.9 Å². The first-order valence-electron chi connectivity index (χ1n) is 8.99. The third kappa shape index (κ3) is 5.32. The highest BCUT2D eigenvalue weighted by Gasteiger charge is 2.24. The molecule has 0 saturated carbocycles. The van der Waals surface area contributed by atoms with Gasteiger partial charge in [-0.3, -0.25) is 4.68 Å². The van der Waals surface area contributed by atoms with Crippen LogP contribution in [0.1, 0.15) is 42.8 Å². The van der Waals surface area contributed by atoms with E-state index in [1.54, 1.807) is 24.0 Å². The molecule has 26 heavy (non-hydrogen) atoms. The first-order chi connectivity index (χ1) is 12.3. The maximum absolute atomic E-state index is 10.6. The van der Waals surface area contributed by atoms with Crippen molar-refractivity contribution in [1.29, 1.82) is 0 Å². The Morgan fingerprint density at radius 2 is 2.15 bits per heavy atom. The van der Waals surface area contributed by atoms with E-state index in [9.17, 15) is 5.11 Å². The fourth-order valence-corrected chi connectivity index (χ4v) is 2.70. The molecule has 0 saturated heterocycles. The second-order valence-electron chi connectivity index (χ2n) is 6.70. The lowest BCUT2D eigenvalue weighted by Crippen LogP contribution is -2.39. The van der Waals surface area contributed by atoms with Crippen LogP contribution in [0.25, 0.3) is 0 Å². The zero-order valence-corrected chi connectivity index (χ0v) is 16.3. The number of nitrogens with zero attached hydrogens (tertiary/aromatic N) is 4. The highest BCUT2D eigenvalue weighted by Crippen LogP contribution is 2.19. The molecule has 2 aromatic heterocycles. The highest BCUT2D eigenvalue weighted by molar-refractivity contribution is 5.79. The van der Waals surface area contributed by atoms with Crippen LogP contribution in [0.3, 0.4) is 0 Å². The molecule has 0 spiro atoms. The molecule has 0 aliphatic carbocycles. The van der Waals surface area contributed by atoms with Crippen molar-refractivity contribution < 1.29 is 9.63 Å². The van der Waals surface area contributed by atoms with Gasteiger partial charge in [0, 0.05) is 37.5 Å². The Bertz CT molecular complexity index is 712. The van der Waals surface area contributed by atoms with Crippen molar-refractivity contribution in [1.82, 2.24) is 25.6 Å². The number of aliphatic imine (C=N–C) groups is 1. The van der Waals surface area contributed by atoms with E-state index in [0.29, 0.717) is 5.96 Å². The molecule has 2 rings (SSSR count). The summed E-state index contributed by atoms with van der Waals surface area (Å²) >= 11 is 0. The average molecular weight is 362 g/mol. The third-order valence-electron chi connectivity index (χ3n) is 4.29. The Labute approximate surface area is 154 Å². The SMILES string of the molecule is CCNC(=NCC(C)(O)c1cnn(C)c1)NCCCc1c(C)noc1C. The first-order valence-corrected chi connectivity index (χ1v) is 8.99. The molecule has 8 nitrogen and oxygen atoms in total. The van der Waals surface area contributed by atoms with Crippen LogP contribution < -0.4 is 10.6 Å². The van der Waals surface area contributed by atoms with Gasteiger partial charge in [0.15, 0.2) is 5.96 Å². The van der Waals surface area contributed by atoms with Crippen molar-refractivity contribution in [3.63, 3.8) is 0 Å². The fraction of sp³-hybridized carbons (Fsp3) is 0.611. The lowest BCUT2D eigenvalue weighted by atomic mass is 10.0. The van der Waals surface area contributed by atoms with Gasteiger partial charge in [0.1, 0.15) is 11.4 Å². The molecular formula is C18H30N6O2. The Balaban J connectivity index is 1.88. The van der Waals surface area contributed by atoms with Crippen LogP contribution >= 0.6 is 0 Å². The van der Waals surface area contributed by atoms with Gasteiger partial charge in [-0.1, -0.05) is 5.16 Å². The van der Waals surface area contributed by atoms with Crippen molar-refractivity contribution in [2.45, 2.75) is 46.1 Å². The largest absolute Gasteiger partial charge is 0.383 e. The zero-order chi connectivity index (χ0) is 19.2. The summed E-state index contributed by atoms with van der Waals surface area (Å²) in [5.74, 6) is 1.58. The molecule has 2 aromatic rings. The molecule has 0 fully saturated rings. The lowest BCUT2D eigenvalue weighted by Gasteiger charge is -2.20. The molecule has 3 N–H and O–H groups in total. The third-order valence-corrected chi connectivity index (χ3v) is 4.29. The number of hydrogen-bond donors (Lipinski definition) is 3. The second-order valence-corrected chi connectivity index (χ2v) is 6.70. The molecule has 0 aliphatic rings. The van der Waals surface area contributed by atoms with Crippen molar-refractivity contribution in [3.05, 3.63) is 35.0 Å². The van der Waals surface area contributed by atoms with Crippen LogP contribution in [0.5, 0.6) is 0 Å². The van der Waals surface area contributed by atoms with Gasteiger partial charge in [0.2, 0.25) is 0 Å². The van der Waals surface area contributed by atoms with E-state index in [-0.39, 0.29) is 6.54 Å². The maximum atomic E-state index is 10.6. The first kappa shape index (κ1) is 20.0. The van der Waals surface area contributed by atoms with Crippen molar-refractivity contribution in [3.8, 4) is 0 Å². The minimum atomic E-state index is -1.06. The van der Waals surface area contributed by atoms with Gasteiger partial charge in [-0.25, -0.2) is 4.99 Å². The van der Waals surface area contributed by atoms with Crippen molar-refractivity contribution >= 4 is 5.96 Å². The quantitative estimate of drug-likeness (QED) is 0.373. The van der Waals surface area contributed by atoms with E-state index in [1.165, 1.54) is 5.56 Å². The van der Waals surface area contributed by atoms with E-state index >= 15 is 0 Å². The molecule has 8 heteroatoms. The van der Waals surface area contributed by atoms with Crippen LogP contribution in [-0.2, 0) is 19.1 Å². The van der Waals surface area contributed by atoms with Crippen LogP contribution in [-0.4, -0.2) is 45.6 Å².